The van der Waals surface area contributed by atoms with Gasteiger partial charge in [-0.05, 0) is 84.0 Å². The fraction of sp³-hybridized carbons (Fsp3) is 0.308. The summed E-state index contributed by atoms with van der Waals surface area (Å²) in [6.07, 6.45) is 1.98. The number of hydrogen-bond acceptors (Lipinski definition) is 4. The number of hydrogen-bond donors (Lipinski definition) is 0. The Morgan fingerprint density at radius 2 is 1.40 bits per heavy atom. The Hall–Kier alpha value is -3.14. The van der Waals surface area contributed by atoms with E-state index in [0.717, 1.165) is 69.2 Å². The van der Waals surface area contributed by atoms with Gasteiger partial charge in [-0.25, -0.2) is 0 Å². The first-order valence-electron chi connectivity index (χ1n) is 10.3. The van der Waals surface area contributed by atoms with E-state index in [1.54, 1.807) is 14.2 Å². The molecule has 0 bridgehead atoms. The van der Waals surface area contributed by atoms with E-state index in [4.69, 9.17) is 18.9 Å². The van der Waals surface area contributed by atoms with E-state index in [2.05, 4.69) is 51.1 Å². The average molecular weight is 405 g/mol. The molecule has 0 spiro atoms. The summed E-state index contributed by atoms with van der Waals surface area (Å²) in [7, 11) is 3.40. The highest BCUT2D eigenvalue weighted by Crippen LogP contribution is 2.50. The first kappa shape index (κ1) is 20.1. The van der Waals surface area contributed by atoms with Crippen molar-refractivity contribution in [2.75, 3.05) is 21.0 Å². The van der Waals surface area contributed by atoms with Crippen LogP contribution >= 0.6 is 0 Å². The zero-order valence-corrected chi connectivity index (χ0v) is 18.3. The molecule has 0 fully saturated rings. The predicted octanol–water partition coefficient (Wildman–Crippen LogP) is 6.34. The summed E-state index contributed by atoms with van der Waals surface area (Å²) in [5, 5.41) is 0. The topological polar surface area (TPSA) is 36.9 Å². The van der Waals surface area contributed by atoms with Crippen LogP contribution in [-0.4, -0.2) is 21.0 Å². The summed E-state index contributed by atoms with van der Waals surface area (Å²) in [6.45, 7) is 6.56. The Labute approximate surface area is 178 Å². The maximum absolute atomic E-state index is 6.03. The van der Waals surface area contributed by atoms with Gasteiger partial charge in [0.05, 0.1) is 14.2 Å². The lowest BCUT2D eigenvalue weighted by molar-refractivity contribution is 0.173. The standard InChI is InChI=1S/C26H28O4/c1-6-7-20-14-21(18-8-10-22(27-4)16(2)12-18)24(26-25(20)29-15-30-26)19-9-11-23(28-5)17(3)13-19/h8-14H,6-7,15H2,1-5H3. The van der Waals surface area contributed by atoms with Gasteiger partial charge in [-0.3, -0.25) is 0 Å². The van der Waals surface area contributed by atoms with E-state index in [0.29, 0.717) is 0 Å². The van der Waals surface area contributed by atoms with Crippen molar-refractivity contribution in [2.24, 2.45) is 0 Å². The minimum absolute atomic E-state index is 0.249. The second-order valence-corrected chi connectivity index (χ2v) is 7.64. The molecule has 0 radical (unpaired) electrons. The van der Waals surface area contributed by atoms with E-state index in [9.17, 15) is 0 Å². The monoisotopic (exact) mass is 404 g/mol. The first-order valence-corrected chi connectivity index (χ1v) is 10.3. The van der Waals surface area contributed by atoms with Crippen LogP contribution in [0.4, 0.5) is 0 Å². The van der Waals surface area contributed by atoms with Crippen molar-refractivity contribution in [1.29, 1.82) is 0 Å². The van der Waals surface area contributed by atoms with Crippen molar-refractivity contribution in [1.82, 2.24) is 0 Å². The maximum atomic E-state index is 6.03. The molecule has 4 rings (SSSR count). The Morgan fingerprint density at radius 1 is 0.800 bits per heavy atom. The summed E-state index contributed by atoms with van der Waals surface area (Å²) in [5.41, 5.74) is 7.77. The molecule has 3 aromatic rings. The predicted molar refractivity (Wildman–Crippen MR) is 120 cm³/mol. The average Bonchev–Trinajstić information content (AvgIpc) is 3.23. The van der Waals surface area contributed by atoms with Crippen LogP contribution in [0.15, 0.2) is 42.5 Å². The fourth-order valence-electron chi connectivity index (χ4n) is 4.19. The van der Waals surface area contributed by atoms with Gasteiger partial charge in [0.25, 0.3) is 0 Å². The molecule has 4 heteroatoms. The number of fused-ring (bicyclic) bond motifs is 1. The highest BCUT2D eigenvalue weighted by Gasteiger charge is 2.27. The maximum Gasteiger partial charge on any atom is 0.231 e. The minimum Gasteiger partial charge on any atom is -0.496 e. The molecule has 1 heterocycles. The first-order chi connectivity index (χ1) is 14.6. The van der Waals surface area contributed by atoms with Crippen molar-refractivity contribution in [3.63, 3.8) is 0 Å². The molecule has 0 saturated heterocycles. The third-order valence-electron chi connectivity index (χ3n) is 5.63. The van der Waals surface area contributed by atoms with Crippen molar-refractivity contribution < 1.29 is 18.9 Å². The molecule has 0 aromatic heterocycles. The SMILES string of the molecule is CCCc1cc(-c2ccc(OC)c(C)c2)c(-c2ccc(OC)c(C)c2)c2c1OCO2. The number of ether oxygens (including phenoxy) is 4. The lowest BCUT2D eigenvalue weighted by Crippen LogP contribution is -1.96. The van der Waals surface area contributed by atoms with Crippen LogP contribution in [0.3, 0.4) is 0 Å². The van der Waals surface area contributed by atoms with E-state index in [1.165, 1.54) is 5.56 Å². The van der Waals surface area contributed by atoms with E-state index < -0.39 is 0 Å². The summed E-state index contributed by atoms with van der Waals surface area (Å²) in [6, 6.07) is 14.8. The smallest absolute Gasteiger partial charge is 0.231 e. The van der Waals surface area contributed by atoms with Crippen LogP contribution < -0.4 is 18.9 Å². The second-order valence-electron chi connectivity index (χ2n) is 7.64. The van der Waals surface area contributed by atoms with E-state index >= 15 is 0 Å². The van der Waals surface area contributed by atoms with Crippen LogP contribution in [0.2, 0.25) is 0 Å². The molecule has 1 aliphatic rings. The fourth-order valence-corrected chi connectivity index (χ4v) is 4.19. The summed E-state index contributed by atoms with van der Waals surface area (Å²) in [5.74, 6) is 3.45. The van der Waals surface area contributed by atoms with Crippen LogP contribution in [0.25, 0.3) is 22.3 Å². The van der Waals surface area contributed by atoms with Crippen LogP contribution in [0.1, 0.15) is 30.0 Å². The molecule has 3 aromatic carbocycles. The van der Waals surface area contributed by atoms with Gasteiger partial charge in [-0.1, -0.05) is 25.5 Å². The van der Waals surface area contributed by atoms with Crippen LogP contribution in [-0.2, 0) is 6.42 Å². The zero-order chi connectivity index (χ0) is 21.3. The van der Waals surface area contributed by atoms with Gasteiger partial charge in [-0.15, -0.1) is 0 Å². The van der Waals surface area contributed by atoms with Gasteiger partial charge in [0, 0.05) is 5.56 Å². The molecule has 30 heavy (non-hydrogen) atoms. The minimum atomic E-state index is 0.249. The van der Waals surface area contributed by atoms with Gasteiger partial charge in [-0.2, -0.15) is 0 Å². The number of methoxy groups -OCH3 is 2. The summed E-state index contributed by atoms with van der Waals surface area (Å²) < 4.78 is 22.9. The van der Waals surface area contributed by atoms with E-state index in [-0.39, 0.29) is 6.79 Å². The highest BCUT2D eigenvalue weighted by molar-refractivity contribution is 5.91. The zero-order valence-electron chi connectivity index (χ0n) is 18.3. The third kappa shape index (κ3) is 3.47. The molecule has 0 aliphatic carbocycles. The summed E-state index contributed by atoms with van der Waals surface area (Å²) in [4.78, 5) is 0. The lowest BCUT2D eigenvalue weighted by Gasteiger charge is -2.18. The molecule has 0 unspecified atom stereocenters. The Bertz CT molecular complexity index is 1080. The molecule has 4 nitrogen and oxygen atoms in total. The molecular weight excluding hydrogens is 376 g/mol. The number of benzene rings is 3. The van der Waals surface area contributed by atoms with Crippen molar-refractivity contribution >= 4 is 0 Å². The summed E-state index contributed by atoms with van der Waals surface area (Å²) >= 11 is 0. The van der Waals surface area contributed by atoms with Gasteiger partial charge in [0.15, 0.2) is 11.5 Å². The molecule has 1 aliphatic heterocycles. The normalized spacial score (nSPS) is 12.2. The van der Waals surface area contributed by atoms with Crippen LogP contribution in [0.5, 0.6) is 23.0 Å². The van der Waals surface area contributed by atoms with Crippen LogP contribution in [0, 0.1) is 13.8 Å². The van der Waals surface area contributed by atoms with Gasteiger partial charge in [0.2, 0.25) is 6.79 Å². The molecule has 156 valence electrons. The molecule has 0 atom stereocenters. The highest BCUT2D eigenvalue weighted by atomic mass is 16.7. The number of aryl methyl sites for hydroxylation is 3. The number of rotatable bonds is 6. The van der Waals surface area contributed by atoms with Crippen molar-refractivity contribution in [2.45, 2.75) is 33.6 Å². The van der Waals surface area contributed by atoms with E-state index in [1.807, 2.05) is 12.1 Å². The van der Waals surface area contributed by atoms with Crippen molar-refractivity contribution in [3.8, 4) is 45.3 Å². The Morgan fingerprint density at radius 3 is 2.00 bits per heavy atom. The molecule has 0 amide bonds. The van der Waals surface area contributed by atoms with Gasteiger partial charge < -0.3 is 18.9 Å². The molecule has 0 N–H and O–H groups in total. The second kappa shape index (κ2) is 8.31. The lowest BCUT2D eigenvalue weighted by atomic mass is 9.89. The third-order valence-corrected chi connectivity index (χ3v) is 5.63. The Kier molecular flexibility index (Phi) is 5.58. The largest absolute Gasteiger partial charge is 0.496 e. The molecule has 0 saturated carbocycles. The molecular formula is C26H28O4. The Balaban J connectivity index is 1.99. The van der Waals surface area contributed by atoms with Gasteiger partial charge >= 0.3 is 0 Å². The van der Waals surface area contributed by atoms with Gasteiger partial charge in [0.1, 0.15) is 11.5 Å². The quantitative estimate of drug-likeness (QED) is 0.481. The van der Waals surface area contributed by atoms with Crippen molar-refractivity contribution in [3.05, 3.63) is 59.2 Å².